The second-order valence-corrected chi connectivity index (χ2v) is 6.56. The van der Waals surface area contributed by atoms with Gasteiger partial charge in [-0.2, -0.15) is 0 Å². The number of aryl methyl sites for hydroxylation is 1. The van der Waals surface area contributed by atoms with E-state index in [4.69, 9.17) is 0 Å². The van der Waals surface area contributed by atoms with E-state index in [2.05, 4.69) is 4.98 Å². The summed E-state index contributed by atoms with van der Waals surface area (Å²) in [6.07, 6.45) is 8.39. The normalized spacial score (nSPS) is 14.1. The Morgan fingerprint density at radius 3 is 2.44 bits per heavy atom. The van der Waals surface area contributed by atoms with Crippen molar-refractivity contribution in [2.24, 2.45) is 0 Å². The minimum Gasteiger partial charge on any atom is -0.508 e. The number of phenolic OH excluding ortho intramolecular Hbond substituents is 1. The number of imidazole rings is 1. The van der Waals surface area contributed by atoms with Crippen LogP contribution in [-0.4, -0.2) is 29.4 Å². The largest absolute Gasteiger partial charge is 0.508 e. The topological polar surface area (TPSA) is 83.4 Å². The Labute approximate surface area is 145 Å². The number of nitrogens with zero attached hydrogens (tertiary/aromatic N) is 3. The molecule has 0 amide bonds. The molecule has 2 heterocycles. The van der Waals surface area contributed by atoms with Gasteiger partial charge in [-0.3, -0.25) is 0 Å². The fourth-order valence-electron chi connectivity index (χ4n) is 3.36. The molecule has 25 heavy (non-hydrogen) atoms. The second-order valence-electron chi connectivity index (χ2n) is 6.56. The molecule has 0 aliphatic heterocycles. The van der Waals surface area contributed by atoms with Gasteiger partial charge in [-0.1, -0.05) is 12.1 Å². The molecule has 1 aliphatic carbocycles. The number of hydrogen-bond acceptors (Lipinski definition) is 4. The first-order valence-electron chi connectivity index (χ1n) is 8.54. The van der Waals surface area contributed by atoms with E-state index >= 15 is 0 Å². The molecule has 3 aromatic rings. The molecule has 4 rings (SSSR count). The smallest absolute Gasteiger partial charge is 0.235 e. The first kappa shape index (κ1) is 15.6. The summed E-state index contributed by atoms with van der Waals surface area (Å²) in [7, 11) is 0. The fraction of sp³-hybridized carbons (Fsp3) is 0.316. The van der Waals surface area contributed by atoms with Crippen LogP contribution in [0.2, 0.25) is 0 Å². The van der Waals surface area contributed by atoms with Gasteiger partial charge in [0, 0.05) is 42.7 Å². The molecule has 0 radical (unpaired) electrons. The Morgan fingerprint density at radius 2 is 1.80 bits per heavy atom. The number of benzene rings is 1. The number of phenols is 1. The highest BCUT2D eigenvalue weighted by Crippen LogP contribution is 2.52. The SMILES string of the molecule is Oc1ccc(-c2c(O)c(O)n(CCCn3ccnc3)c2C2CC2)cc1. The lowest BCUT2D eigenvalue weighted by atomic mass is 10.0. The molecule has 0 saturated heterocycles. The predicted molar refractivity (Wildman–Crippen MR) is 93.7 cm³/mol. The van der Waals surface area contributed by atoms with Crippen molar-refractivity contribution in [2.75, 3.05) is 0 Å². The lowest BCUT2D eigenvalue weighted by molar-refractivity contribution is 0.365. The highest BCUT2D eigenvalue weighted by Gasteiger charge is 2.34. The summed E-state index contributed by atoms with van der Waals surface area (Å²) in [5.74, 6) is 0.398. The van der Waals surface area contributed by atoms with E-state index in [1.54, 1.807) is 36.8 Å². The molecule has 0 bridgehead atoms. The molecule has 1 fully saturated rings. The lowest BCUT2D eigenvalue weighted by Crippen LogP contribution is -2.06. The van der Waals surface area contributed by atoms with Gasteiger partial charge in [-0.15, -0.1) is 0 Å². The predicted octanol–water partition coefficient (Wildman–Crippen LogP) is 3.44. The van der Waals surface area contributed by atoms with Gasteiger partial charge in [0.2, 0.25) is 5.88 Å². The van der Waals surface area contributed by atoms with Crippen molar-refractivity contribution in [3.63, 3.8) is 0 Å². The second kappa shape index (κ2) is 6.20. The minimum absolute atomic E-state index is 0.0735. The van der Waals surface area contributed by atoms with E-state index < -0.39 is 0 Å². The van der Waals surface area contributed by atoms with E-state index in [1.807, 2.05) is 15.3 Å². The molecule has 0 atom stereocenters. The van der Waals surface area contributed by atoms with Gasteiger partial charge in [0.15, 0.2) is 5.75 Å². The average Bonchev–Trinajstić information content (AvgIpc) is 3.26. The molecule has 1 aliphatic rings. The standard InChI is InChI=1S/C19H21N3O3/c23-15-6-4-13(5-7-15)16-17(14-2-3-14)22(19(25)18(16)24)10-1-9-21-11-8-20-12-21/h4-8,11-12,14,23-25H,1-3,9-10H2. The average molecular weight is 339 g/mol. The highest BCUT2D eigenvalue weighted by atomic mass is 16.3. The van der Waals surface area contributed by atoms with Crippen LogP contribution in [-0.2, 0) is 13.1 Å². The van der Waals surface area contributed by atoms with Gasteiger partial charge in [-0.25, -0.2) is 4.98 Å². The van der Waals surface area contributed by atoms with Crippen molar-refractivity contribution in [3.05, 3.63) is 48.7 Å². The summed E-state index contributed by atoms with van der Waals surface area (Å²) in [6.45, 7) is 1.43. The first-order chi connectivity index (χ1) is 12.1. The maximum atomic E-state index is 10.5. The van der Waals surface area contributed by atoms with Crippen LogP contribution in [0.15, 0.2) is 43.0 Å². The number of aromatic hydroxyl groups is 3. The van der Waals surface area contributed by atoms with E-state index in [-0.39, 0.29) is 17.4 Å². The van der Waals surface area contributed by atoms with E-state index in [1.165, 1.54) is 0 Å². The number of hydrogen-bond donors (Lipinski definition) is 3. The van der Waals surface area contributed by atoms with Gasteiger partial charge < -0.3 is 24.5 Å². The Bertz CT molecular complexity index is 862. The Balaban J connectivity index is 1.66. The van der Waals surface area contributed by atoms with Crippen molar-refractivity contribution in [2.45, 2.75) is 38.3 Å². The zero-order valence-electron chi connectivity index (χ0n) is 13.8. The van der Waals surface area contributed by atoms with Crippen LogP contribution in [0.25, 0.3) is 11.1 Å². The van der Waals surface area contributed by atoms with Crippen LogP contribution in [0.1, 0.15) is 30.9 Å². The van der Waals surface area contributed by atoms with Crippen molar-refractivity contribution in [3.8, 4) is 28.5 Å². The molecule has 0 spiro atoms. The van der Waals surface area contributed by atoms with Crippen molar-refractivity contribution >= 4 is 0 Å². The summed E-state index contributed by atoms with van der Waals surface area (Å²) < 4.78 is 3.84. The van der Waals surface area contributed by atoms with E-state index in [9.17, 15) is 15.3 Å². The quantitative estimate of drug-likeness (QED) is 0.642. The summed E-state index contributed by atoms with van der Waals surface area (Å²) in [6, 6.07) is 6.73. The summed E-state index contributed by atoms with van der Waals surface area (Å²) >= 11 is 0. The minimum atomic E-state index is -0.0739. The Hall–Kier alpha value is -2.89. The molecule has 1 saturated carbocycles. The van der Waals surface area contributed by atoms with Gasteiger partial charge in [-0.05, 0) is 37.0 Å². The van der Waals surface area contributed by atoms with Crippen LogP contribution in [0.4, 0.5) is 0 Å². The molecule has 6 nitrogen and oxygen atoms in total. The highest BCUT2D eigenvalue weighted by molar-refractivity contribution is 5.77. The Kier molecular flexibility index (Phi) is 3.87. The van der Waals surface area contributed by atoms with Gasteiger partial charge >= 0.3 is 0 Å². The van der Waals surface area contributed by atoms with Crippen LogP contribution < -0.4 is 0 Å². The molecule has 2 aromatic heterocycles. The zero-order chi connectivity index (χ0) is 17.4. The third-order valence-electron chi connectivity index (χ3n) is 4.73. The molecular weight excluding hydrogens is 318 g/mol. The maximum Gasteiger partial charge on any atom is 0.235 e. The molecule has 6 heteroatoms. The maximum absolute atomic E-state index is 10.5. The zero-order valence-corrected chi connectivity index (χ0v) is 13.8. The third-order valence-corrected chi connectivity index (χ3v) is 4.73. The summed E-state index contributed by atoms with van der Waals surface area (Å²) in [5, 5.41) is 30.5. The van der Waals surface area contributed by atoms with Gasteiger partial charge in [0.25, 0.3) is 0 Å². The van der Waals surface area contributed by atoms with Crippen molar-refractivity contribution in [1.82, 2.24) is 14.1 Å². The van der Waals surface area contributed by atoms with E-state index in [0.29, 0.717) is 18.0 Å². The monoisotopic (exact) mass is 339 g/mol. The molecular formula is C19H21N3O3. The first-order valence-corrected chi connectivity index (χ1v) is 8.54. The van der Waals surface area contributed by atoms with E-state index in [0.717, 1.165) is 37.1 Å². The third kappa shape index (κ3) is 2.95. The fourth-order valence-corrected chi connectivity index (χ4v) is 3.36. The van der Waals surface area contributed by atoms with Crippen LogP contribution in [0.5, 0.6) is 17.4 Å². The summed E-state index contributed by atoms with van der Waals surface area (Å²) in [5.41, 5.74) is 2.48. The molecule has 1 aromatic carbocycles. The molecule has 3 N–H and O–H groups in total. The van der Waals surface area contributed by atoms with Gasteiger partial charge in [0.05, 0.1) is 6.33 Å². The van der Waals surface area contributed by atoms with Crippen molar-refractivity contribution < 1.29 is 15.3 Å². The number of rotatable bonds is 6. The van der Waals surface area contributed by atoms with Crippen LogP contribution in [0.3, 0.4) is 0 Å². The molecule has 130 valence electrons. The number of aromatic nitrogens is 3. The Morgan fingerprint density at radius 1 is 1.04 bits per heavy atom. The van der Waals surface area contributed by atoms with Gasteiger partial charge in [0.1, 0.15) is 5.75 Å². The van der Waals surface area contributed by atoms with Crippen LogP contribution in [0, 0.1) is 0 Å². The lowest BCUT2D eigenvalue weighted by Gasteiger charge is -2.11. The summed E-state index contributed by atoms with van der Waals surface area (Å²) in [4.78, 5) is 4.03. The van der Waals surface area contributed by atoms with Crippen LogP contribution >= 0.6 is 0 Å². The molecule has 0 unspecified atom stereocenters. The van der Waals surface area contributed by atoms with Crippen molar-refractivity contribution in [1.29, 1.82) is 0 Å².